The Labute approximate surface area is 147 Å². The number of rotatable bonds is 7. The highest BCUT2D eigenvalue weighted by atomic mass is 19.1. The van der Waals surface area contributed by atoms with Crippen LogP contribution in [0.1, 0.15) is 24.2 Å². The minimum atomic E-state index is -0.690. The van der Waals surface area contributed by atoms with Gasteiger partial charge in [0, 0.05) is 13.1 Å². The Morgan fingerprint density at radius 1 is 1.20 bits per heavy atom. The first kappa shape index (κ1) is 18.7. The summed E-state index contributed by atoms with van der Waals surface area (Å²) >= 11 is 0. The van der Waals surface area contributed by atoms with Gasteiger partial charge < -0.3 is 20.5 Å². The lowest BCUT2D eigenvalue weighted by Crippen LogP contribution is -2.39. The molecule has 5 nitrogen and oxygen atoms in total. The molecule has 0 bridgehead atoms. The van der Waals surface area contributed by atoms with Crippen LogP contribution < -0.4 is 15.4 Å². The summed E-state index contributed by atoms with van der Waals surface area (Å²) in [5.41, 5.74) is 1.67. The second kappa shape index (κ2) is 9.64. The predicted molar refractivity (Wildman–Crippen MR) is 97.2 cm³/mol. The Morgan fingerprint density at radius 3 is 2.64 bits per heavy atom. The largest absolute Gasteiger partial charge is 0.497 e. The van der Waals surface area contributed by atoms with Gasteiger partial charge in [0.25, 0.3) is 0 Å². The van der Waals surface area contributed by atoms with E-state index in [-0.39, 0.29) is 5.82 Å². The Balaban J connectivity index is 1.95. The zero-order valence-electron chi connectivity index (χ0n) is 14.5. The number of halogens is 1. The van der Waals surface area contributed by atoms with Crippen LogP contribution >= 0.6 is 0 Å². The highest BCUT2D eigenvalue weighted by Crippen LogP contribution is 2.18. The quantitative estimate of drug-likeness (QED) is 0.533. The fraction of sp³-hybridized carbons (Fsp3) is 0.316. The molecule has 0 heterocycles. The first-order valence-electron chi connectivity index (χ1n) is 8.21. The van der Waals surface area contributed by atoms with Gasteiger partial charge in [-0.3, -0.25) is 0 Å². The molecule has 2 aromatic rings. The standard InChI is InChI=1S/C19H24FN3O2/c1-3-21-19(22-12-14-7-9-16(20)10-8-14)23-13-18(24)15-5-4-6-17(11-15)25-2/h4-11,18,24H,3,12-13H2,1-2H3,(H2,21,22,23). The number of nitrogens with zero attached hydrogens (tertiary/aromatic N) is 1. The van der Waals surface area contributed by atoms with Crippen LogP contribution in [-0.2, 0) is 6.54 Å². The van der Waals surface area contributed by atoms with Gasteiger partial charge >= 0.3 is 0 Å². The first-order valence-corrected chi connectivity index (χ1v) is 8.21. The molecule has 0 spiro atoms. The number of ether oxygens (including phenoxy) is 1. The third-order valence-corrected chi connectivity index (χ3v) is 3.62. The van der Waals surface area contributed by atoms with Crippen molar-refractivity contribution in [1.82, 2.24) is 10.6 Å². The van der Waals surface area contributed by atoms with Crippen molar-refractivity contribution < 1.29 is 14.2 Å². The fourth-order valence-electron chi connectivity index (χ4n) is 2.26. The van der Waals surface area contributed by atoms with Crippen LogP contribution in [0.3, 0.4) is 0 Å². The number of aliphatic hydroxyl groups is 1. The number of nitrogens with one attached hydrogen (secondary N) is 2. The summed E-state index contributed by atoms with van der Waals surface area (Å²) in [4.78, 5) is 4.45. The molecule has 0 saturated heterocycles. The molecule has 1 atom stereocenters. The third kappa shape index (κ3) is 6.08. The lowest BCUT2D eigenvalue weighted by molar-refractivity contribution is 0.180. The molecule has 3 N–H and O–H groups in total. The number of guanidine groups is 1. The van der Waals surface area contributed by atoms with Gasteiger partial charge in [0.1, 0.15) is 11.6 Å². The van der Waals surface area contributed by atoms with E-state index >= 15 is 0 Å². The molecule has 0 amide bonds. The van der Waals surface area contributed by atoms with Gasteiger partial charge in [-0.1, -0.05) is 24.3 Å². The highest BCUT2D eigenvalue weighted by molar-refractivity contribution is 5.79. The highest BCUT2D eigenvalue weighted by Gasteiger charge is 2.09. The number of methoxy groups -OCH3 is 1. The molecule has 0 aliphatic heterocycles. The average Bonchev–Trinajstić information content (AvgIpc) is 2.65. The van der Waals surface area contributed by atoms with Crippen LogP contribution in [0.2, 0.25) is 0 Å². The molecule has 0 fully saturated rings. The summed E-state index contributed by atoms with van der Waals surface area (Å²) in [7, 11) is 1.59. The van der Waals surface area contributed by atoms with Crippen molar-refractivity contribution in [3.63, 3.8) is 0 Å². The monoisotopic (exact) mass is 345 g/mol. The van der Waals surface area contributed by atoms with Gasteiger partial charge in [0.05, 0.1) is 19.8 Å². The van der Waals surface area contributed by atoms with Gasteiger partial charge in [0.2, 0.25) is 0 Å². The van der Waals surface area contributed by atoms with Gasteiger partial charge in [-0.2, -0.15) is 0 Å². The molecule has 25 heavy (non-hydrogen) atoms. The molecule has 0 aromatic heterocycles. The van der Waals surface area contributed by atoms with E-state index in [1.165, 1.54) is 12.1 Å². The van der Waals surface area contributed by atoms with Crippen molar-refractivity contribution >= 4 is 5.96 Å². The van der Waals surface area contributed by atoms with Crippen LogP contribution in [0.4, 0.5) is 4.39 Å². The summed E-state index contributed by atoms with van der Waals surface area (Å²) in [6.45, 7) is 3.39. The summed E-state index contributed by atoms with van der Waals surface area (Å²) in [5.74, 6) is 1.03. The number of aliphatic imine (C=N–C) groups is 1. The topological polar surface area (TPSA) is 65.9 Å². The van der Waals surface area contributed by atoms with Crippen LogP contribution in [0.5, 0.6) is 5.75 Å². The van der Waals surface area contributed by atoms with E-state index < -0.39 is 6.10 Å². The Bertz CT molecular complexity index is 689. The Morgan fingerprint density at radius 2 is 1.96 bits per heavy atom. The van der Waals surface area contributed by atoms with Gasteiger partial charge in [-0.25, -0.2) is 9.38 Å². The predicted octanol–water partition coefficient (Wildman–Crippen LogP) is 2.62. The number of benzene rings is 2. The Kier molecular flexibility index (Phi) is 7.22. The van der Waals surface area contributed by atoms with E-state index in [4.69, 9.17) is 4.74 Å². The maximum atomic E-state index is 12.9. The van der Waals surface area contributed by atoms with Crippen molar-refractivity contribution in [2.24, 2.45) is 4.99 Å². The lowest BCUT2D eigenvalue weighted by atomic mass is 10.1. The second-order valence-electron chi connectivity index (χ2n) is 5.49. The van der Waals surface area contributed by atoms with Crippen molar-refractivity contribution in [3.8, 4) is 5.75 Å². The minimum Gasteiger partial charge on any atom is -0.497 e. The molecule has 6 heteroatoms. The zero-order valence-corrected chi connectivity index (χ0v) is 14.5. The van der Waals surface area contributed by atoms with Gasteiger partial charge in [0.15, 0.2) is 5.96 Å². The summed E-state index contributed by atoms with van der Waals surface area (Å²) in [6, 6.07) is 13.5. The van der Waals surface area contributed by atoms with Crippen molar-refractivity contribution in [3.05, 3.63) is 65.5 Å². The Hall–Kier alpha value is -2.60. The molecular weight excluding hydrogens is 321 g/mol. The molecule has 0 saturated carbocycles. The number of aliphatic hydroxyl groups excluding tert-OH is 1. The molecule has 0 aliphatic carbocycles. The van der Waals surface area contributed by atoms with Crippen molar-refractivity contribution in [1.29, 1.82) is 0 Å². The molecule has 1 unspecified atom stereocenters. The molecule has 2 aromatic carbocycles. The zero-order chi connectivity index (χ0) is 18.1. The second-order valence-corrected chi connectivity index (χ2v) is 5.49. The number of hydrogen-bond donors (Lipinski definition) is 3. The SMILES string of the molecule is CCNC(=NCc1ccc(F)cc1)NCC(O)c1cccc(OC)c1. The molecule has 0 radical (unpaired) electrons. The molecule has 0 aliphatic rings. The fourth-order valence-corrected chi connectivity index (χ4v) is 2.26. The van der Waals surface area contributed by atoms with E-state index in [1.54, 1.807) is 25.3 Å². The van der Waals surface area contributed by atoms with E-state index in [0.29, 0.717) is 31.3 Å². The summed E-state index contributed by atoms with van der Waals surface area (Å²) in [6.07, 6.45) is -0.690. The molecular formula is C19H24FN3O2. The normalized spacial score (nSPS) is 12.6. The van der Waals surface area contributed by atoms with E-state index in [9.17, 15) is 9.50 Å². The van der Waals surface area contributed by atoms with Crippen molar-refractivity contribution in [2.75, 3.05) is 20.2 Å². The summed E-state index contributed by atoms with van der Waals surface area (Å²) in [5, 5.41) is 16.6. The summed E-state index contributed by atoms with van der Waals surface area (Å²) < 4.78 is 18.1. The third-order valence-electron chi connectivity index (χ3n) is 3.62. The van der Waals surface area contributed by atoms with Crippen LogP contribution in [-0.4, -0.2) is 31.3 Å². The van der Waals surface area contributed by atoms with Crippen molar-refractivity contribution in [2.45, 2.75) is 19.6 Å². The van der Waals surface area contributed by atoms with Crippen LogP contribution in [0.25, 0.3) is 0 Å². The smallest absolute Gasteiger partial charge is 0.191 e. The number of hydrogen-bond acceptors (Lipinski definition) is 3. The van der Waals surface area contributed by atoms with Gasteiger partial charge in [-0.15, -0.1) is 0 Å². The molecule has 134 valence electrons. The average molecular weight is 345 g/mol. The first-order chi connectivity index (χ1) is 12.1. The van der Waals surface area contributed by atoms with E-state index in [1.807, 2.05) is 25.1 Å². The minimum absolute atomic E-state index is 0.265. The maximum Gasteiger partial charge on any atom is 0.191 e. The van der Waals surface area contributed by atoms with Crippen LogP contribution in [0, 0.1) is 5.82 Å². The lowest BCUT2D eigenvalue weighted by Gasteiger charge is -2.16. The van der Waals surface area contributed by atoms with E-state index in [2.05, 4.69) is 15.6 Å². The molecule has 2 rings (SSSR count). The van der Waals surface area contributed by atoms with Crippen LogP contribution in [0.15, 0.2) is 53.5 Å². The van der Waals surface area contributed by atoms with E-state index in [0.717, 1.165) is 11.1 Å². The van der Waals surface area contributed by atoms with Gasteiger partial charge in [-0.05, 0) is 42.3 Å². The maximum absolute atomic E-state index is 12.9.